The molecule has 7 atom stereocenters. The molecule has 1 unspecified atom stereocenters. The molecule has 0 bridgehead atoms. The van der Waals surface area contributed by atoms with Crippen LogP contribution in [0.3, 0.4) is 0 Å². The summed E-state index contributed by atoms with van der Waals surface area (Å²) in [5.41, 5.74) is 3.65. The maximum absolute atomic E-state index is 15.0. The molecule has 2 heterocycles. The highest BCUT2D eigenvalue weighted by atomic mass is 32.2. The van der Waals surface area contributed by atoms with Gasteiger partial charge in [0.1, 0.15) is 23.3 Å². The summed E-state index contributed by atoms with van der Waals surface area (Å²) in [5.74, 6) is 1.22. The van der Waals surface area contributed by atoms with Gasteiger partial charge in [-0.2, -0.15) is 0 Å². The van der Waals surface area contributed by atoms with Crippen LogP contribution in [0, 0.1) is 17.8 Å². The van der Waals surface area contributed by atoms with Crippen molar-refractivity contribution in [1.29, 1.82) is 0 Å². The number of hydrogen-bond acceptors (Lipinski definition) is 11. The Bertz CT molecular complexity index is 2020. The number of aliphatic hydroxyl groups excluding tert-OH is 2. The monoisotopic (exact) mass is 896 g/mol. The van der Waals surface area contributed by atoms with Crippen LogP contribution in [-0.4, -0.2) is 97.3 Å². The smallest absolute Gasteiger partial charge is 0.239 e. The van der Waals surface area contributed by atoms with Gasteiger partial charge >= 0.3 is 0 Å². The van der Waals surface area contributed by atoms with E-state index in [0.717, 1.165) is 78.9 Å². The van der Waals surface area contributed by atoms with Crippen molar-refractivity contribution in [2.75, 3.05) is 52.4 Å². The summed E-state index contributed by atoms with van der Waals surface area (Å²) in [5, 5.41) is 25.0. The number of carbonyl (C=O) groups is 1. The molecule has 2 aliphatic carbocycles. The van der Waals surface area contributed by atoms with Gasteiger partial charge in [-0.3, -0.25) is 4.79 Å². The maximum Gasteiger partial charge on any atom is 0.239 e. The summed E-state index contributed by atoms with van der Waals surface area (Å²) in [6.07, 6.45) is 12.4. The summed E-state index contributed by atoms with van der Waals surface area (Å²) in [6.45, 7) is 8.22. The number of allylic oxidation sites excluding steroid dienone is 1. The number of unbranched alkanes of at least 4 members (excludes halogenated alkanes) is 2. The third-order valence-corrected chi connectivity index (χ3v) is 14.1. The van der Waals surface area contributed by atoms with Gasteiger partial charge in [0.05, 0.1) is 45.0 Å². The van der Waals surface area contributed by atoms with Gasteiger partial charge in [-0.25, -0.2) is 0 Å². The van der Waals surface area contributed by atoms with Crippen molar-refractivity contribution in [1.82, 2.24) is 4.90 Å². The van der Waals surface area contributed by atoms with Crippen LogP contribution in [0.15, 0.2) is 107 Å². The molecule has 64 heavy (non-hydrogen) atoms. The number of oxime groups is 1. The van der Waals surface area contributed by atoms with Crippen molar-refractivity contribution in [3.63, 3.8) is 0 Å². The minimum Gasteiger partial charge on any atom is -0.497 e. The Morgan fingerprint density at radius 3 is 2.58 bits per heavy atom. The molecule has 12 heteroatoms. The molecule has 2 aliphatic heterocycles. The van der Waals surface area contributed by atoms with Crippen LogP contribution in [-0.2, 0) is 25.5 Å². The molecule has 346 valence electrons. The Morgan fingerprint density at radius 2 is 1.83 bits per heavy atom. The van der Waals surface area contributed by atoms with E-state index >= 15 is 0 Å². The molecular formula is C52H68N2O9S. The number of amides is 1. The van der Waals surface area contributed by atoms with Crippen molar-refractivity contribution >= 4 is 23.4 Å². The lowest BCUT2D eigenvalue weighted by Gasteiger charge is -2.60. The quantitative estimate of drug-likeness (QED) is 0.0389. The van der Waals surface area contributed by atoms with E-state index in [4.69, 9.17) is 33.7 Å². The minimum atomic E-state index is -1.34. The highest BCUT2D eigenvalue weighted by Gasteiger charge is 2.65. The zero-order valence-corrected chi connectivity index (χ0v) is 38.6. The fourth-order valence-corrected chi connectivity index (χ4v) is 11.0. The molecule has 1 saturated heterocycles. The fourth-order valence-electron chi connectivity index (χ4n) is 10.2. The van der Waals surface area contributed by atoms with Gasteiger partial charge in [0.2, 0.25) is 18.0 Å². The second kappa shape index (κ2) is 23.7. The van der Waals surface area contributed by atoms with E-state index < -0.39 is 24.0 Å². The number of nitrogens with zero attached hydrogens (tertiary/aromatic N) is 2. The molecule has 0 radical (unpaired) electrons. The first-order valence-electron chi connectivity index (χ1n) is 23.5. The van der Waals surface area contributed by atoms with Crippen LogP contribution in [0.5, 0.6) is 17.2 Å². The zero-order chi connectivity index (χ0) is 44.7. The molecular weight excluding hydrogens is 829 g/mol. The largest absolute Gasteiger partial charge is 0.497 e. The van der Waals surface area contributed by atoms with E-state index in [-0.39, 0.29) is 49.9 Å². The minimum absolute atomic E-state index is 0.0507. The van der Waals surface area contributed by atoms with Crippen LogP contribution < -0.4 is 14.2 Å². The predicted molar refractivity (Wildman–Crippen MR) is 251 cm³/mol. The molecule has 2 N–H and O–H groups in total. The highest BCUT2D eigenvalue weighted by Crippen LogP contribution is 2.62. The number of rotatable bonds is 24. The van der Waals surface area contributed by atoms with Crippen LogP contribution in [0.25, 0.3) is 0 Å². The topological polar surface area (TPSA) is 129 Å². The SMILES string of the molecule is C=CCO[C@@]12Oc3ccc(OCCSc4ccccc4)cc3[C@H]3[C@H](CCCCO)[C@@H](CCCCO)C=C(C(=NOC4CCCCO4)C[C@@H]1N(CCC)C(=O)Cc1cccc(OC)c1)[C@H]32. The Kier molecular flexibility index (Phi) is 17.7. The number of hydrogen-bond donors (Lipinski definition) is 2. The van der Waals surface area contributed by atoms with Gasteiger partial charge in [-0.05, 0) is 110 Å². The standard InChI is InChI=1S/C52H68N2O9S/c1-4-25-54(48(57)33-37-16-15-18-39(32-37)58-3)47-36-45(53-63-49-22-11-14-29-60-49)43-34-38(17-9-12-26-55)42(21-10-13-27-56)50-44-35-40(59-30-31-64-41-19-7-6-8-20-41)23-24-46(44)62-52(47,51(43)50)61-28-5-2/h5-8,15-16,18-20,23-24,32,34-35,38,42,47,49-51,55-56H,2,4,9-14,17,21-22,25-31,33,36H2,1,3H3/t38-,42+,47-,49?,50+,51+,52+/m0/s1. The van der Waals surface area contributed by atoms with Crippen LogP contribution >= 0.6 is 11.8 Å². The number of benzene rings is 3. The van der Waals surface area contributed by atoms with E-state index in [2.05, 4.69) is 37.8 Å². The summed E-state index contributed by atoms with van der Waals surface area (Å²) in [6, 6.07) is 23.6. The third kappa shape index (κ3) is 11.4. The van der Waals surface area contributed by atoms with E-state index in [1.54, 1.807) is 24.9 Å². The van der Waals surface area contributed by atoms with Crippen LogP contribution in [0.4, 0.5) is 0 Å². The first kappa shape index (κ1) is 47.6. The number of methoxy groups -OCH3 is 1. The summed E-state index contributed by atoms with van der Waals surface area (Å²) >= 11 is 1.76. The average Bonchev–Trinajstić information content (AvgIpc) is 3.32. The first-order chi connectivity index (χ1) is 31.4. The van der Waals surface area contributed by atoms with Crippen molar-refractivity contribution in [2.45, 2.75) is 113 Å². The summed E-state index contributed by atoms with van der Waals surface area (Å²) in [7, 11) is 1.63. The Morgan fingerprint density at radius 1 is 1.00 bits per heavy atom. The van der Waals surface area contributed by atoms with Crippen molar-refractivity contribution < 1.29 is 43.5 Å². The van der Waals surface area contributed by atoms with E-state index in [0.29, 0.717) is 56.9 Å². The first-order valence-corrected chi connectivity index (χ1v) is 24.5. The third-order valence-electron chi connectivity index (χ3n) is 13.1. The van der Waals surface area contributed by atoms with Crippen molar-refractivity contribution in [3.8, 4) is 17.2 Å². The lowest BCUT2D eigenvalue weighted by molar-refractivity contribution is -0.257. The van der Waals surface area contributed by atoms with E-state index in [1.165, 1.54) is 4.90 Å². The zero-order valence-electron chi connectivity index (χ0n) is 37.7. The number of aliphatic hydroxyl groups is 2. The molecule has 2 fully saturated rings. The second-order valence-corrected chi connectivity index (χ2v) is 18.5. The van der Waals surface area contributed by atoms with E-state index in [9.17, 15) is 15.0 Å². The molecule has 1 amide bonds. The van der Waals surface area contributed by atoms with Gasteiger partial charge in [-0.1, -0.05) is 67.4 Å². The van der Waals surface area contributed by atoms with E-state index in [1.807, 2.05) is 59.5 Å². The lowest BCUT2D eigenvalue weighted by Crippen LogP contribution is -2.70. The summed E-state index contributed by atoms with van der Waals surface area (Å²) < 4.78 is 32.7. The van der Waals surface area contributed by atoms with Gasteiger partial charge in [0, 0.05) is 54.7 Å². The normalized spacial score (nSPS) is 25.3. The molecule has 4 aliphatic rings. The van der Waals surface area contributed by atoms with Gasteiger partial charge in [0.15, 0.2) is 0 Å². The fraction of sp³-hybridized carbons (Fsp3) is 0.538. The molecule has 3 aromatic carbocycles. The lowest BCUT2D eigenvalue weighted by atomic mass is 9.55. The highest BCUT2D eigenvalue weighted by molar-refractivity contribution is 7.99. The average molecular weight is 897 g/mol. The number of fused-ring (bicyclic) bond motifs is 2. The van der Waals surface area contributed by atoms with Crippen LogP contribution in [0.2, 0.25) is 0 Å². The Hall–Kier alpha value is -4.33. The maximum atomic E-state index is 15.0. The second-order valence-electron chi connectivity index (χ2n) is 17.3. The molecule has 11 nitrogen and oxygen atoms in total. The van der Waals surface area contributed by atoms with Crippen LogP contribution in [0.1, 0.15) is 94.6 Å². The molecule has 3 aromatic rings. The number of carbonyl (C=O) groups excluding carboxylic acids is 1. The summed E-state index contributed by atoms with van der Waals surface area (Å²) in [4.78, 5) is 24.5. The van der Waals surface area contributed by atoms with Crippen molar-refractivity contribution in [2.24, 2.45) is 22.9 Å². The molecule has 0 spiro atoms. The Balaban J connectivity index is 1.37. The van der Waals surface area contributed by atoms with Gasteiger partial charge in [-0.15, -0.1) is 18.3 Å². The van der Waals surface area contributed by atoms with Gasteiger partial charge in [0.25, 0.3) is 0 Å². The van der Waals surface area contributed by atoms with Crippen molar-refractivity contribution in [3.05, 3.63) is 108 Å². The predicted octanol–water partition coefficient (Wildman–Crippen LogP) is 9.51. The molecule has 0 aromatic heterocycles. The Labute approximate surface area is 384 Å². The molecule has 1 saturated carbocycles. The number of thioether (sulfide) groups is 1. The molecule has 7 rings (SSSR count). The number of ether oxygens (including phenoxy) is 5. The van der Waals surface area contributed by atoms with Gasteiger partial charge < -0.3 is 43.6 Å².